The topological polar surface area (TPSA) is 108 Å². The van der Waals surface area contributed by atoms with Gasteiger partial charge in [0.1, 0.15) is 19.8 Å². The third kappa shape index (κ3) is 6.42. The quantitative estimate of drug-likeness (QED) is 0.284. The van der Waals surface area contributed by atoms with Gasteiger partial charge in [-0.2, -0.15) is 0 Å². The van der Waals surface area contributed by atoms with E-state index in [1.807, 2.05) is 54.6 Å². The first-order valence-corrected chi connectivity index (χ1v) is 10.8. The van der Waals surface area contributed by atoms with Crippen molar-refractivity contribution < 1.29 is 28.6 Å². The van der Waals surface area contributed by atoms with E-state index < -0.39 is 17.9 Å². The lowest BCUT2D eigenvalue weighted by Crippen LogP contribution is -2.14. The number of benzene rings is 3. The zero-order chi connectivity index (χ0) is 24.5. The fourth-order valence-corrected chi connectivity index (χ4v) is 3.14. The van der Waals surface area contributed by atoms with Gasteiger partial charge in [0.25, 0.3) is 0 Å². The van der Waals surface area contributed by atoms with Crippen molar-refractivity contribution >= 4 is 17.9 Å². The summed E-state index contributed by atoms with van der Waals surface area (Å²) in [6.07, 6.45) is 0. The van der Waals surface area contributed by atoms with Crippen molar-refractivity contribution in [2.75, 3.05) is 0 Å². The van der Waals surface area contributed by atoms with Crippen molar-refractivity contribution in [2.45, 2.75) is 19.8 Å². The second-order valence-corrected chi connectivity index (χ2v) is 7.49. The molecule has 0 fully saturated rings. The average Bonchev–Trinajstić information content (AvgIpc) is 3.37. The largest absolute Gasteiger partial charge is 0.456 e. The van der Waals surface area contributed by atoms with Crippen LogP contribution in [0.3, 0.4) is 0 Å². The molecule has 1 heterocycles. The summed E-state index contributed by atoms with van der Waals surface area (Å²) in [6.45, 7) is -0.0498. The van der Waals surface area contributed by atoms with E-state index in [0.717, 1.165) is 16.7 Å². The predicted octanol–water partition coefficient (Wildman–Crippen LogP) is 4.48. The molecule has 1 aromatic heterocycles. The minimum absolute atomic E-state index is 0.00193. The zero-order valence-electron chi connectivity index (χ0n) is 18.7. The SMILES string of the molecule is O=C(OCc1ccccc1)c1nc(C(=O)OCc2ccccc2)c(C(=O)OCc2ccccc2)[nH]1. The van der Waals surface area contributed by atoms with Crippen molar-refractivity contribution in [3.8, 4) is 0 Å². The Bertz CT molecular complexity index is 1210. The van der Waals surface area contributed by atoms with Gasteiger partial charge in [0, 0.05) is 0 Å². The maximum Gasteiger partial charge on any atom is 0.374 e. The van der Waals surface area contributed by atoms with E-state index in [0.29, 0.717) is 0 Å². The highest BCUT2D eigenvalue weighted by molar-refractivity contribution is 6.02. The fraction of sp³-hybridized carbons (Fsp3) is 0.111. The Labute approximate surface area is 201 Å². The number of carbonyl (C=O) groups is 3. The van der Waals surface area contributed by atoms with Gasteiger partial charge in [0.05, 0.1) is 0 Å². The Kier molecular flexibility index (Phi) is 7.65. The lowest BCUT2D eigenvalue weighted by atomic mass is 10.2. The lowest BCUT2D eigenvalue weighted by molar-refractivity contribution is 0.0418. The third-order valence-corrected chi connectivity index (χ3v) is 4.93. The van der Waals surface area contributed by atoms with Crippen LogP contribution in [0.25, 0.3) is 0 Å². The van der Waals surface area contributed by atoms with Crippen LogP contribution in [0.4, 0.5) is 0 Å². The summed E-state index contributed by atoms with van der Waals surface area (Å²) in [5.41, 5.74) is 1.65. The number of esters is 3. The van der Waals surface area contributed by atoms with E-state index in [1.165, 1.54) is 0 Å². The molecule has 0 aliphatic carbocycles. The van der Waals surface area contributed by atoms with Crippen LogP contribution in [0, 0.1) is 0 Å². The Hall–Kier alpha value is -4.72. The minimum Gasteiger partial charge on any atom is -0.456 e. The zero-order valence-corrected chi connectivity index (χ0v) is 18.7. The molecule has 0 saturated heterocycles. The molecule has 8 heteroatoms. The van der Waals surface area contributed by atoms with E-state index >= 15 is 0 Å². The van der Waals surface area contributed by atoms with Crippen LogP contribution in [0.5, 0.6) is 0 Å². The highest BCUT2D eigenvalue weighted by Crippen LogP contribution is 2.14. The van der Waals surface area contributed by atoms with Crippen molar-refractivity contribution in [2.24, 2.45) is 0 Å². The molecule has 0 radical (unpaired) electrons. The second-order valence-electron chi connectivity index (χ2n) is 7.49. The van der Waals surface area contributed by atoms with Gasteiger partial charge < -0.3 is 19.2 Å². The molecule has 1 N–H and O–H groups in total. The van der Waals surface area contributed by atoms with E-state index in [2.05, 4.69) is 9.97 Å². The number of rotatable bonds is 9. The summed E-state index contributed by atoms with van der Waals surface area (Å²) in [7, 11) is 0. The van der Waals surface area contributed by atoms with Gasteiger partial charge in [-0.1, -0.05) is 91.0 Å². The molecular formula is C27H22N2O6. The van der Waals surface area contributed by atoms with E-state index in [1.54, 1.807) is 36.4 Å². The number of H-pyrrole nitrogens is 1. The number of hydrogen-bond acceptors (Lipinski definition) is 7. The lowest BCUT2D eigenvalue weighted by Gasteiger charge is -2.06. The van der Waals surface area contributed by atoms with Crippen LogP contribution in [-0.2, 0) is 34.0 Å². The highest BCUT2D eigenvalue weighted by Gasteiger charge is 2.28. The molecule has 0 atom stereocenters. The first-order valence-electron chi connectivity index (χ1n) is 10.8. The number of imidazole rings is 1. The van der Waals surface area contributed by atoms with Gasteiger partial charge in [-0.3, -0.25) is 0 Å². The summed E-state index contributed by atoms with van der Waals surface area (Å²) < 4.78 is 15.9. The maximum atomic E-state index is 12.8. The van der Waals surface area contributed by atoms with Crippen LogP contribution >= 0.6 is 0 Å². The summed E-state index contributed by atoms with van der Waals surface area (Å²) in [6, 6.07) is 27.2. The molecule has 35 heavy (non-hydrogen) atoms. The van der Waals surface area contributed by atoms with Crippen LogP contribution in [0.15, 0.2) is 91.0 Å². The standard InChI is InChI=1S/C27H22N2O6/c30-25(33-16-19-10-4-1-5-11-19)22-23(26(31)34-17-20-12-6-2-7-13-20)29-24(28-22)27(32)35-18-21-14-8-3-9-15-21/h1-15H,16-18H2,(H,28,29). The normalized spacial score (nSPS) is 10.4. The maximum absolute atomic E-state index is 12.8. The Morgan fingerprint density at radius 1 is 0.571 bits per heavy atom. The highest BCUT2D eigenvalue weighted by atomic mass is 16.5. The summed E-state index contributed by atoms with van der Waals surface area (Å²) in [4.78, 5) is 44.7. The van der Waals surface area contributed by atoms with Crippen molar-refractivity contribution in [1.82, 2.24) is 9.97 Å². The molecule has 0 unspecified atom stereocenters. The molecule has 3 aromatic carbocycles. The number of nitrogens with one attached hydrogen (secondary N) is 1. The predicted molar refractivity (Wildman–Crippen MR) is 125 cm³/mol. The summed E-state index contributed by atoms with van der Waals surface area (Å²) >= 11 is 0. The average molecular weight is 470 g/mol. The van der Waals surface area contributed by atoms with Crippen LogP contribution in [0.2, 0.25) is 0 Å². The molecule has 0 saturated carbocycles. The molecular weight excluding hydrogens is 448 g/mol. The molecule has 176 valence electrons. The molecule has 4 aromatic rings. The van der Waals surface area contributed by atoms with Gasteiger partial charge in [-0.25, -0.2) is 19.4 Å². The number of aromatic nitrogens is 2. The number of carbonyl (C=O) groups excluding carboxylic acids is 3. The molecule has 0 aliphatic heterocycles. The van der Waals surface area contributed by atoms with Gasteiger partial charge >= 0.3 is 17.9 Å². The van der Waals surface area contributed by atoms with E-state index in [-0.39, 0.29) is 37.0 Å². The Morgan fingerprint density at radius 2 is 0.971 bits per heavy atom. The Balaban J connectivity index is 1.50. The van der Waals surface area contributed by atoms with Gasteiger partial charge in [0.15, 0.2) is 11.4 Å². The number of aromatic amines is 1. The molecule has 0 aliphatic rings. The van der Waals surface area contributed by atoms with Crippen LogP contribution in [-0.4, -0.2) is 27.9 Å². The van der Waals surface area contributed by atoms with Crippen LogP contribution < -0.4 is 0 Å². The smallest absolute Gasteiger partial charge is 0.374 e. The van der Waals surface area contributed by atoms with Crippen molar-refractivity contribution in [3.05, 3.63) is 125 Å². The van der Waals surface area contributed by atoms with Crippen LogP contribution in [0.1, 0.15) is 48.3 Å². The second kappa shape index (κ2) is 11.4. The minimum atomic E-state index is -0.876. The van der Waals surface area contributed by atoms with Crippen molar-refractivity contribution in [1.29, 1.82) is 0 Å². The van der Waals surface area contributed by atoms with Crippen molar-refractivity contribution in [3.63, 3.8) is 0 Å². The number of nitrogens with zero attached hydrogens (tertiary/aromatic N) is 1. The van der Waals surface area contributed by atoms with Gasteiger partial charge in [0.2, 0.25) is 5.82 Å². The molecule has 0 spiro atoms. The first kappa shape index (κ1) is 23.4. The van der Waals surface area contributed by atoms with E-state index in [9.17, 15) is 14.4 Å². The molecule has 0 amide bonds. The number of hydrogen-bond donors (Lipinski definition) is 1. The van der Waals surface area contributed by atoms with Gasteiger partial charge in [-0.15, -0.1) is 0 Å². The molecule has 0 bridgehead atoms. The third-order valence-electron chi connectivity index (χ3n) is 4.93. The molecule has 4 rings (SSSR count). The molecule has 8 nitrogen and oxygen atoms in total. The summed E-state index contributed by atoms with van der Waals surface area (Å²) in [5, 5.41) is 0. The van der Waals surface area contributed by atoms with E-state index in [4.69, 9.17) is 14.2 Å². The summed E-state index contributed by atoms with van der Waals surface area (Å²) in [5.74, 6) is -2.86. The first-order chi connectivity index (χ1) is 17.1. The fourth-order valence-electron chi connectivity index (χ4n) is 3.14. The number of ether oxygens (including phenoxy) is 3. The van der Waals surface area contributed by atoms with Gasteiger partial charge in [-0.05, 0) is 16.7 Å². The Morgan fingerprint density at radius 3 is 1.43 bits per heavy atom. The monoisotopic (exact) mass is 470 g/mol.